The van der Waals surface area contributed by atoms with Crippen LogP contribution in [0.4, 0.5) is 20.4 Å². The van der Waals surface area contributed by atoms with E-state index >= 15 is 0 Å². The minimum absolute atomic E-state index is 0.0328. The van der Waals surface area contributed by atoms with E-state index in [1.165, 1.54) is 12.1 Å². The number of anilines is 2. The standard InChI is InChI=1S/C19H22F2N6O3S/c1-10(8-29)23-15-14-16(25-18(30)17(24-14)22-6-3-7-28)27-19(26-15)31-9-11-4-2-5-12(20)13(11)21/h2,4-5,10,28-29H,3,6-9H2,1H3,(H,22,24)(H2,23,25,26,27,30). The van der Waals surface area contributed by atoms with Crippen LogP contribution in [0.1, 0.15) is 18.9 Å². The van der Waals surface area contributed by atoms with E-state index in [1.54, 1.807) is 6.92 Å². The topological polar surface area (TPSA) is 136 Å². The fourth-order valence-electron chi connectivity index (χ4n) is 2.61. The average molecular weight is 452 g/mol. The second-order valence-corrected chi connectivity index (χ2v) is 7.64. The first kappa shape index (κ1) is 22.8. The van der Waals surface area contributed by atoms with Gasteiger partial charge in [-0.2, -0.15) is 0 Å². The van der Waals surface area contributed by atoms with Crippen LogP contribution in [-0.2, 0) is 5.75 Å². The molecule has 0 aliphatic carbocycles. The second-order valence-electron chi connectivity index (χ2n) is 6.70. The van der Waals surface area contributed by atoms with Crippen molar-refractivity contribution in [2.75, 3.05) is 30.4 Å². The maximum atomic E-state index is 13.9. The molecule has 0 bridgehead atoms. The van der Waals surface area contributed by atoms with Gasteiger partial charge in [-0.05, 0) is 19.4 Å². The highest BCUT2D eigenvalue weighted by Crippen LogP contribution is 2.26. The molecule has 5 N–H and O–H groups in total. The molecule has 9 nitrogen and oxygen atoms in total. The summed E-state index contributed by atoms with van der Waals surface area (Å²) in [5.74, 6) is -1.48. The number of nitrogens with zero attached hydrogens (tertiary/aromatic N) is 3. The number of H-pyrrole nitrogens is 1. The molecule has 0 fully saturated rings. The molecular weight excluding hydrogens is 430 g/mol. The number of aromatic amines is 1. The molecule has 0 saturated heterocycles. The summed E-state index contributed by atoms with van der Waals surface area (Å²) in [6.07, 6.45) is 0.439. The molecule has 2 heterocycles. The van der Waals surface area contributed by atoms with Gasteiger partial charge in [-0.15, -0.1) is 0 Å². The highest BCUT2D eigenvalue weighted by Gasteiger charge is 2.16. The smallest absolute Gasteiger partial charge is 0.292 e. The van der Waals surface area contributed by atoms with Crippen molar-refractivity contribution in [3.63, 3.8) is 0 Å². The Bertz CT molecular complexity index is 1110. The normalized spacial score (nSPS) is 12.2. The molecule has 0 saturated carbocycles. The van der Waals surface area contributed by atoms with Gasteiger partial charge in [-0.25, -0.2) is 23.7 Å². The van der Waals surface area contributed by atoms with Crippen LogP contribution in [0.2, 0.25) is 0 Å². The quantitative estimate of drug-likeness (QED) is 0.177. The van der Waals surface area contributed by atoms with Crippen LogP contribution < -0.4 is 16.2 Å². The largest absolute Gasteiger partial charge is 0.396 e. The summed E-state index contributed by atoms with van der Waals surface area (Å²) >= 11 is 1.06. The van der Waals surface area contributed by atoms with Gasteiger partial charge in [-0.3, -0.25) is 4.79 Å². The van der Waals surface area contributed by atoms with Crippen molar-refractivity contribution in [2.24, 2.45) is 0 Å². The van der Waals surface area contributed by atoms with Crippen LogP contribution in [0, 0.1) is 11.6 Å². The molecule has 3 rings (SSSR count). The highest BCUT2D eigenvalue weighted by atomic mass is 32.2. The molecule has 1 atom stereocenters. The zero-order valence-electron chi connectivity index (χ0n) is 16.7. The highest BCUT2D eigenvalue weighted by molar-refractivity contribution is 7.98. The van der Waals surface area contributed by atoms with Gasteiger partial charge in [0, 0.05) is 30.5 Å². The molecule has 1 unspecified atom stereocenters. The zero-order chi connectivity index (χ0) is 22.4. The summed E-state index contributed by atoms with van der Waals surface area (Å²) in [5, 5.41) is 24.4. The lowest BCUT2D eigenvalue weighted by Gasteiger charge is -2.14. The van der Waals surface area contributed by atoms with E-state index in [1.807, 2.05) is 0 Å². The summed E-state index contributed by atoms with van der Waals surface area (Å²) < 4.78 is 27.4. The van der Waals surface area contributed by atoms with Crippen molar-refractivity contribution < 1.29 is 19.0 Å². The van der Waals surface area contributed by atoms with Crippen molar-refractivity contribution >= 4 is 34.6 Å². The van der Waals surface area contributed by atoms with E-state index in [9.17, 15) is 18.7 Å². The Morgan fingerprint density at radius 1 is 1.19 bits per heavy atom. The Balaban J connectivity index is 1.96. The predicted octanol–water partition coefficient (Wildman–Crippen LogP) is 1.87. The third-order valence-electron chi connectivity index (χ3n) is 4.21. The molecule has 31 heavy (non-hydrogen) atoms. The summed E-state index contributed by atoms with van der Waals surface area (Å²) in [6, 6.07) is 3.55. The number of aliphatic hydroxyl groups is 2. The van der Waals surface area contributed by atoms with Crippen LogP contribution in [0.15, 0.2) is 28.2 Å². The number of hydrogen-bond donors (Lipinski definition) is 5. The van der Waals surface area contributed by atoms with E-state index in [4.69, 9.17) is 5.11 Å². The monoisotopic (exact) mass is 452 g/mol. The molecule has 0 amide bonds. The lowest BCUT2D eigenvalue weighted by atomic mass is 10.2. The molecular formula is C19H22F2N6O3S. The van der Waals surface area contributed by atoms with E-state index in [0.717, 1.165) is 17.8 Å². The molecule has 1 aromatic carbocycles. The van der Waals surface area contributed by atoms with E-state index in [-0.39, 0.29) is 58.5 Å². The number of nitrogens with one attached hydrogen (secondary N) is 3. The van der Waals surface area contributed by atoms with Gasteiger partial charge >= 0.3 is 0 Å². The molecule has 2 aromatic heterocycles. The van der Waals surface area contributed by atoms with Crippen molar-refractivity contribution in [2.45, 2.75) is 30.3 Å². The minimum atomic E-state index is -0.939. The fraction of sp³-hybridized carbons (Fsp3) is 0.368. The zero-order valence-corrected chi connectivity index (χ0v) is 17.5. The summed E-state index contributed by atoms with van der Waals surface area (Å²) in [6.45, 7) is 1.87. The fourth-order valence-corrected chi connectivity index (χ4v) is 3.43. The molecule has 0 aliphatic rings. The predicted molar refractivity (Wildman–Crippen MR) is 114 cm³/mol. The third-order valence-corrected chi connectivity index (χ3v) is 5.10. The Morgan fingerprint density at radius 3 is 2.74 bits per heavy atom. The SMILES string of the molecule is CC(CO)Nc1nc(SCc2cccc(F)c2F)nc2[nH]c(=O)c(NCCCO)nc12. The first-order valence-electron chi connectivity index (χ1n) is 9.52. The summed E-state index contributed by atoms with van der Waals surface area (Å²) in [4.78, 5) is 27.9. The number of thioether (sulfide) groups is 1. The summed E-state index contributed by atoms with van der Waals surface area (Å²) in [7, 11) is 0. The van der Waals surface area contributed by atoms with Crippen LogP contribution in [0.25, 0.3) is 11.2 Å². The molecule has 0 radical (unpaired) electrons. The van der Waals surface area contributed by atoms with Gasteiger partial charge < -0.3 is 25.8 Å². The molecule has 0 spiro atoms. The van der Waals surface area contributed by atoms with Crippen molar-refractivity contribution in [3.8, 4) is 0 Å². The van der Waals surface area contributed by atoms with Gasteiger partial charge in [-0.1, -0.05) is 23.9 Å². The van der Waals surface area contributed by atoms with E-state index in [2.05, 4.69) is 30.6 Å². The van der Waals surface area contributed by atoms with Crippen LogP contribution >= 0.6 is 11.8 Å². The number of rotatable bonds is 10. The van der Waals surface area contributed by atoms with Gasteiger partial charge in [0.05, 0.1) is 6.61 Å². The third kappa shape index (κ3) is 5.66. The Labute approximate surface area is 180 Å². The van der Waals surface area contributed by atoms with Gasteiger partial charge in [0.15, 0.2) is 39.6 Å². The maximum Gasteiger partial charge on any atom is 0.292 e. The average Bonchev–Trinajstić information content (AvgIpc) is 2.75. The van der Waals surface area contributed by atoms with E-state index < -0.39 is 17.2 Å². The number of halogens is 2. The van der Waals surface area contributed by atoms with Crippen molar-refractivity contribution in [3.05, 3.63) is 45.8 Å². The Hall–Kier alpha value is -2.83. The summed E-state index contributed by atoms with van der Waals surface area (Å²) in [5.41, 5.74) is 0.0784. The van der Waals surface area contributed by atoms with Crippen LogP contribution in [0.5, 0.6) is 0 Å². The van der Waals surface area contributed by atoms with Crippen molar-refractivity contribution in [1.82, 2.24) is 19.9 Å². The van der Waals surface area contributed by atoms with E-state index in [0.29, 0.717) is 13.0 Å². The number of aliphatic hydroxyl groups excluding tert-OH is 2. The van der Waals surface area contributed by atoms with Crippen LogP contribution in [0.3, 0.4) is 0 Å². The van der Waals surface area contributed by atoms with Gasteiger partial charge in [0.2, 0.25) is 0 Å². The van der Waals surface area contributed by atoms with Crippen molar-refractivity contribution in [1.29, 1.82) is 0 Å². The maximum absolute atomic E-state index is 13.9. The van der Waals surface area contributed by atoms with Gasteiger partial charge in [0.25, 0.3) is 5.56 Å². The minimum Gasteiger partial charge on any atom is -0.396 e. The first-order valence-corrected chi connectivity index (χ1v) is 10.5. The lowest BCUT2D eigenvalue weighted by Crippen LogP contribution is -2.22. The number of hydrogen-bond acceptors (Lipinski definition) is 9. The number of aromatic nitrogens is 4. The number of fused-ring (bicyclic) bond motifs is 1. The molecule has 166 valence electrons. The second kappa shape index (κ2) is 10.5. The van der Waals surface area contributed by atoms with Gasteiger partial charge in [0.1, 0.15) is 0 Å². The number of benzene rings is 1. The first-order chi connectivity index (χ1) is 14.9. The molecule has 12 heteroatoms. The molecule has 0 aliphatic heterocycles. The molecule has 3 aromatic rings. The Kier molecular flexibility index (Phi) is 7.71. The lowest BCUT2D eigenvalue weighted by molar-refractivity contribution is 0.281. The Morgan fingerprint density at radius 2 is 2.00 bits per heavy atom. The van der Waals surface area contributed by atoms with Crippen LogP contribution in [-0.4, -0.2) is 55.9 Å².